The van der Waals surface area contributed by atoms with E-state index in [0.29, 0.717) is 29.2 Å². The van der Waals surface area contributed by atoms with Crippen LogP contribution in [-0.4, -0.2) is 30.7 Å². The maximum Gasteiger partial charge on any atom is 0.307 e. The molecule has 0 unspecified atom stereocenters. The Kier molecular flexibility index (Phi) is 4.26. The van der Waals surface area contributed by atoms with Crippen LogP contribution in [0.4, 0.5) is 5.69 Å². The van der Waals surface area contributed by atoms with Crippen molar-refractivity contribution in [2.75, 3.05) is 12.4 Å². The van der Waals surface area contributed by atoms with Gasteiger partial charge in [-0.2, -0.15) is 0 Å². The Bertz CT molecular complexity index is 832. The van der Waals surface area contributed by atoms with Gasteiger partial charge in [0.2, 0.25) is 0 Å². The molecule has 1 N–H and O–H groups in total. The summed E-state index contributed by atoms with van der Waals surface area (Å²) in [6, 6.07) is 7.24. The van der Waals surface area contributed by atoms with Crippen LogP contribution in [-0.2, 0) is 19.1 Å². The third-order valence-electron chi connectivity index (χ3n) is 6.23. The lowest BCUT2D eigenvalue weighted by Crippen LogP contribution is -2.45. The lowest BCUT2D eigenvalue weighted by atomic mass is 9.60. The molecule has 3 aliphatic rings. The van der Waals surface area contributed by atoms with Crippen LogP contribution in [0.2, 0.25) is 0 Å². The Morgan fingerprint density at radius 1 is 1.22 bits per heavy atom. The van der Waals surface area contributed by atoms with Crippen molar-refractivity contribution in [1.82, 2.24) is 0 Å². The van der Waals surface area contributed by atoms with Crippen LogP contribution >= 0.6 is 0 Å². The number of carbonyl (C=O) groups excluding carboxylic acids is 2. The van der Waals surface area contributed by atoms with Crippen molar-refractivity contribution < 1.29 is 23.8 Å². The molecule has 2 fully saturated rings. The molecule has 1 saturated heterocycles. The maximum atomic E-state index is 13.1. The van der Waals surface area contributed by atoms with Gasteiger partial charge in [-0.1, -0.05) is 31.9 Å². The van der Waals surface area contributed by atoms with E-state index in [9.17, 15) is 9.59 Å². The van der Waals surface area contributed by atoms with Gasteiger partial charge in [0, 0.05) is 12.3 Å². The quantitative estimate of drug-likeness (QED) is 0.647. The van der Waals surface area contributed by atoms with Gasteiger partial charge in [0.15, 0.2) is 0 Å². The number of ether oxygens (including phenoxy) is 3. The summed E-state index contributed by atoms with van der Waals surface area (Å²) in [6.07, 6.45) is 4.40. The van der Waals surface area contributed by atoms with Gasteiger partial charge in [-0.25, -0.2) is 0 Å². The lowest BCUT2D eigenvalue weighted by Gasteiger charge is -2.43. The van der Waals surface area contributed by atoms with E-state index in [1.165, 1.54) is 6.92 Å². The molecule has 1 spiro atoms. The molecule has 0 radical (unpaired) electrons. The Morgan fingerprint density at radius 3 is 2.70 bits per heavy atom. The van der Waals surface area contributed by atoms with Crippen LogP contribution in [0.5, 0.6) is 5.75 Å². The first kappa shape index (κ1) is 18.0. The molecule has 1 aliphatic heterocycles. The number of amides is 1. The minimum Gasteiger partial charge on any atom is -0.495 e. The van der Waals surface area contributed by atoms with E-state index in [-0.39, 0.29) is 23.0 Å². The van der Waals surface area contributed by atoms with Crippen molar-refractivity contribution in [3.63, 3.8) is 0 Å². The summed E-state index contributed by atoms with van der Waals surface area (Å²) in [7, 11) is 1.56. The van der Waals surface area contributed by atoms with Crippen LogP contribution in [0.15, 0.2) is 35.6 Å². The number of esters is 1. The molecule has 0 bridgehead atoms. The fraction of sp³-hybridized carbons (Fsp3) is 0.524. The first-order valence-corrected chi connectivity index (χ1v) is 9.44. The fourth-order valence-electron chi connectivity index (χ4n) is 4.79. The average Bonchev–Trinajstić information content (AvgIpc) is 3.37. The predicted octanol–water partition coefficient (Wildman–Crippen LogP) is 3.57. The Labute approximate surface area is 158 Å². The van der Waals surface area contributed by atoms with Crippen molar-refractivity contribution in [1.29, 1.82) is 0 Å². The fourth-order valence-corrected chi connectivity index (χ4v) is 4.79. The second-order valence-electron chi connectivity index (χ2n) is 7.92. The highest BCUT2D eigenvalue weighted by Gasteiger charge is 2.72. The molecular weight excluding hydrogens is 346 g/mol. The number of carbonyl (C=O) groups is 2. The molecule has 1 heterocycles. The molecule has 6 heteroatoms. The molecule has 144 valence electrons. The first-order valence-electron chi connectivity index (χ1n) is 9.44. The normalized spacial score (nSPS) is 31.4. The van der Waals surface area contributed by atoms with Gasteiger partial charge in [-0.15, -0.1) is 0 Å². The number of rotatable bonds is 4. The number of anilines is 1. The Balaban J connectivity index is 1.69. The van der Waals surface area contributed by atoms with E-state index in [2.05, 4.69) is 12.2 Å². The van der Waals surface area contributed by atoms with E-state index in [1.807, 2.05) is 12.1 Å². The number of hydrogen-bond donors (Lipinski definition) is 1. The zero-order chi connectivity index (χ0) is 19.2. The van der Waals surface area contributed by atoms with Gasteiger partial charge in [0.05, 0.1) is 18.4 Å². The second kappa shape index (κ2) is 6.37. The molecule has 1 aromatic rings. The van der Waals surface area contributed by atoms with E-state index >= 15 is 0 Å². The molecule has 3 atom stereocenters. The zero-order valence-electron chi connectivity index (χ0n) is 16.0. The van der Waals surface area contributed by atoms with E-state index < -0.39 is 5.97 Å². The minimum absolute atomic E-state index is 0.118. The Hall–Kier alpha value is -2.34. The van der Waals surface area contributed by atoms with Crippen molar-refractivity contribution in [3.8, 4) is 5.75 Å². The predicted molar refractivity (Wildman–Crippen MR) is 99.2 cm³/mol. The summed E-state index contributed by atoms with van der Waals surface area (Å²) >= 11 is 0. The number of nitrogens with one attached hydrogen (secondary N) is 1. The molecule has 1 amide bonds. The number of hydrogen-bond acceptors (Lipinski definition) is 5. The first-order chi connectivity index (χ1) is 12.9. The second-order valence-corrected chi connectivity index (χ2v) is 7.92. The summed E-state index contributed by atoms with van der Waals surface area (Å²) < 4.78 is 16.9. The summed E-state index contributed by atoms with van der Waals surface area (Å²) in [6.45, 7) is 3.54. The largest absolute Gasteiger partial charge is 0.495 e. The molecule has 0 aromatic heterocycles. The molecule has 2 aliphatic carbocycles. The third kappa shape index (κ3) is 2.83. The standard InChI is InChI=1S/C21H25NO5/c1-13(23)26-17-14(19(24)22-15-8-4-5-9-16(15)25-3)12-20(2)10-6-7-11-21(20)18(17)27-21/h4-5,8-9,18H,6-7,10-12H2,1-3H3,(H,22,24)/t18-,20+,21-/m1/s1. The number of benzene rings is 1. The molecule has 27 heavy (non-hydrogen) atoms. The van der Waals surface area contributed by atoms with Crippen molar-refractivity contribution >= 4 is 17.6 Å². The molecule has 1 saturated carbocycles. The number of para-hydroxylation sites is 2. The number of epoxide rings is 1. The molecule has 4 rings (SSSR count). The van der Waals surface area contributed by atoms with Gasteiger partial charge in [-0.05, 0) is 31.4 Å². The molecule has 6 nitrogen and oxygen atoms in total. The smallest absolute Gasteiger partial charge is 0.307 e. The van der Waals surface area contributed by atoms with E-state index in [1.54, 1.807) is 19.2 Å². The number of methoxy groups -OCH3 is 1. The van der Waals surface area contributed by atoms with E-state index in [4.69, 9.17) is 14.2 Å². The zero-order valence-corrected chi connectivity index (χ0v) is 16.0. The highest BCUT2D eigenvalue weighted by atomic mass is 16.6. The van der Waals surface area contributed by atoms with Crippen molar-refractivity contribution in [2.45, 2.75) is 57.7 Å². The van der Waals surface area contributed by atoms with E-state index in [0.717, 1.165) is 25.7 Å². The monoisotopic (exact) mass is 371 g/mol. The molecule has 1 aromatic carbocycles. The highest BCUT2D eigenvalue weighted by Crippen LogP contribution is 2.66. The van der Waals surface area contributed by atoms with Crippen molar-refractivity contribution in [3.05, 3.63) is 35.6 Å². The van der Waals surface area contributed by atoms with Crippen LogP contribution in [0.25, 0.3) is 0 Å². The van der Waals surface area contributed by atoms with Gasteiger partial charge in [0.1, 0.15) is 23.2 Å². The summed E-state index contributed by atoms with van der Waals surface area (Å²) in [5, 5.41) is 2.92. The van der Waals surface area contributed by atoms with Gasteiger partial charge in [0.25, 0.3) is 5.91 Å². The summed E-state index contributed by atoms with van der Waals surface area (Å²) in [4.78, 5) is 24.8. The minimum atomic E-state index is -0.433. The van der Waals surface area contributed by atoms with Crippen molar-refractivity contribution in [2.24, 2.45) is 5.41 Å². The topological polar surface area (TPSA) is 77.2 Å². The lowest BCUT2D eigenvalue weighted by molar-refractivity contribution is -0.137. The SMILES string of the molecule is COc1ccccc1NC(=O)C1=C(OC(C)=O)[C@H]2O[C@]23CCCC[C@@]3(C)C1. The van der Waals surface area contributed by atoms with Crippen LogP contribution in [0.1, 0.15) is 46.0 Å². The van der Waals surface area contributed by atoms with Crippen LogP contribution in [0.3, 0.4) is 0 Å². The van der Waals surface area contributed by atoms with Crippen LogP contribution in [0, 0.1) is 5.41 Å². The molecular formula is C21H25NO5. The highest BCUT2D eigenvalue weighted by molar-refractivity contribution is 6.05. The Morgan fingerprint density at radius 2 is 1.96 bits per heavy atom. The van der Waals surface area contributed by atoms with Crippen LogP contribution < -0.4 is 10.1 Å². The van der Waals surface area contributed by atoms with Gasteiger partial charge in [-0.3, -0.25) is 9.59 Å². The van der Waals surface area contributed by atoms with Gasteiger partial charge >= 0.3 is 5.97 Å². The maximum absolute atomic E-state index is 13.1. The third-order valence-corrected chi connectivity index (χ3v) is 6.23. The average molecular weight is 371 g/mol. The summed E-state index contributed by atoms with van der Waals surface area (Å²) in [5.41, 5.74) is 0.678. The van der Waals surface area contributed by atoms with Gasteiger partial charge < -0.3 is 19.5 Å². The summed E-state index contributed by atoms with van der Waals surface area (Å²) in [5.74, 6) is 0.260.